The lowest BCUT2D eigenvalue weighted by Gasteiger charge is -2.28. The highest BCUT2D eigenvalue weighted by Gasteiger charge is 2.24. The van der Waals surface area contributed by atoms with Gasteiger partial charge in [-0.25, -0.2) is 0 Å². The van der Waals surface area contributed by atoms with Crippen LogP contribution in [-0.2, 0) is 0 Å². The van der Waals surface area contributed by atoms with Crippen LogP contribution in [0.4, 0.5) is 17.1 Å². The summed E-state index contributed by atoms with van der Waals surface area (Å²) in [7, 11) is 0. The Morgan fingerprint density at radius 1 is 0.408 bits per heavy atom. The van der Waals surface area contributed by atoms with Gasteiger partial charge in [0.1, 0.15) is 5.58 Å². The quantitative estimate of drug-likeness (QED) is 0.186. The second kappa shape index (κ2) is 11.2. The molecule has 2 heterocycles. The van der Waals surface area contributed by atoms with E-state index < -0.39 is 0 Å². The molecule has 0 aliphatic rings. The van der Waals surface area contributed by atoms with Gasteiger partial charge in [0, 0.05) is 31.8 Å². The molecule has 0 aliphatic carbocycles. The van der Waals surface area contributed by atoms with E-state index >= 15 is 0 Å². The predicted octanol–water partition coefficient (Wildman–Crippen LogP) is 13.9. The van der Waals surface area contributed by atoms with Crippen molar-refractivity contribution in [2.75, 3.05) is 4.90 Å². The minimum Gasteiger partial charge on any atom is -0.454 e. The monoisotopic (exact) mass is 643 g/mol. The molecule has 230 valence electrons. The molecular weight excluding hydrogens is 615 g/mol. The third-order valence-electron chi connectivity index (χ3n) is 9.67. The van der Waals surface area contributed by atoms with Gasteiger partial charge in [0.05, 0.1) is 21.8 Å². The van der Waals surface area contributed by atoms with Gasteiger partial charge in [-0.05, 0) is 63.9 Å². The van der Waals surface area contributed by atoms with E-state index in [1.54, 1.807) is 0 Å². The maximum absolute atomic E-state index is 6.70. The number of thiophene rings is 1. The summed E-state index contributed by atoms with van der Waals surface area (Å²) in [5.74, 6) is 0. The number of anilines is 3. The van der Waals surface area contributed by atoms with Crippen molar-refractivity contribution in [1.82, 2.24) is 0 Å². The fourth-order valence-corrected chi connectivity index (χ4v) is 8.66. The summed E-state index contributed by atoms with van der Waals surface area (Å²) >= 11 is 1.85. The van der Waals surface area contributed by atoms with Crippen LogP contribution in [0.25, 0.3) is 75.1 Å². The molecule has 0 atom stereocenters. The molecular formula is C46H29NOS. The molecule has 0 spiro atoms. The first-order valence-corrected chi connectivity index (χ1v) is 17.4. The molecule has 8 aromatic carbocycles. The molecule has 0 N–H and O–H groups in total. The Kier molecular flexibility index (Phi) is 6.39. The van der Waals surface area contributed by atoms with Crippen LogP contribution in [0.5, 0.6) is 0 Å². The highest BCUT2D eigenvalue weighted by Crippen LogP contribution is 2.49. The molecule has 2 aromatic heterocycles. The van der Waals surface area contributed by atoms with Crippen LogP contribution in [0.2, 0.25) is 0 Å². The molecule has 0 unspecified atom stereocenters. The zero-order valence-electron chi connectivity index (χ0n) is 26.5. The Balaban J connectivity index is 1.25. The standard InChI is InChI=1S/C46H29NOS/c1-2-17-33-30(13-1)14-10-21-34(33)31-15-9-16-32(29-31)35-18-3-6-24-40(35)47(41-25-11-22-38-36-19-4-7-27-43(36)48-45(38)41)42-26-12-23-39-37-20-5-8-28-44(37)49-46(39)42/h1-29H. The van der Waals surface area contributed by atoms with Crippen LogP contribution in [-0.4, -0.2) is 0 Å². The van der Waals surface area contributed by atoms with Crippen molar-refractivity contribution in [3.05, 3.63) is 176 Å². The summed E-state index contributed by atoms with van der Waals surface area (Å²) in [6.07, 6.45) is 0. The summed E-state index contributed by atoms with van der Waals surface area (Å²) in [6, 6.07) is 63.2. The highest BCUT2D eigenvalue weighted by atomic mass is 32.1. The van der Waals surface area contributed by atoms with Gasteiger partial charge in [-0.15, -0.1) is 11.3 Å². The third-order valence-corrected chi connectivity index (χ3v) is 10.9. The smallest absolute Gasteiger partial charge is 0.159 e. The summed E-state index contributed by atoms with van der Waals surface area (Å²) < 4.78 is 9.23. The molecule has 0 fully saturated rings. The third kappa shape index (κ3) is 4.47. The van der Waals surface area contributed by atoms with Crippen LogP contribution in [0, 0.1) is 0 Å². The van der Waals surface area contributed by atoms with E-state index in [0.717, 1.165) is 50.1 Å². The molecule has 0 saturated heterocycles. The van der Waals surface area contributed by atoms with Crippen LogP contribution in [0.15, 0.2) is 180 Å². The first-order valence-electron chi connectivity index (χ1n) is 16.6. The van der Waals surface area contributed by atoms with Gasteiger partial charge in [-0.2, -0.15) is 0 Å². The van der Waals surface area contributed by atoms with E-state index in [-0.39, 0.29) is 0 Å². The Bertz CT molecular complexity index is 2740. The van der Waals surface area contributed by atoms with Gasteiger partial charge in [0.2, 0.25) is 0 Å². The highest BCUT2D eigenvalue weighted by molar-refractivity contribution is 7.26. The Labute approximate surface area is 287 Å². The van der Waals surface area contributed by atoms with Gasteiger partial charge in [0.25, 0.3) is 0 Å². The number of benzene rings is 8. The van der Waals surface area contributed by atoms with E-state index in [0.29, 0.717) is 0 Å². The van der Waals surface area contributed by atoms with E-state index in [1.165, 1.54) is 42.1 Å². The normalized spacial score (nSPS) is 11.7. The van der Waals surface area contributed by atoms with Gasteiger partial charge < -0.3 is 9.32 Å². The Hall–Kier alpha value is -6.16. The van der Waals surface area contributed by atoms with Crippen molar-refractivity contribution in [2.24, 2.45) is 0 Å². The van der Waals surface area contributed by atoms with Crippen molar-refractivity contribution >= 4 is 81.3 Å². The fraction of sp³-hybridized carbons (Fsp3) is 0. The molecule has 49 heavy (non-hydrogen) atoms. The van der Waals surface area contributed by atoms with E-state index in [2.05, 4.69) is 175 Å². The minimum atomic E-state index is 0.876. The number of nitrogens with zero attached hydrogens (tertiary/aromatic N) is 1. The SMILES string of the molecule is c1cc(-c2ccccc2N(c2cccc3c2oc2ccccc23)c2cccc3c2sc2ccccc23)cc(-c2cccc3ccccc23)c1. The van der Waals surface area contributed by atoms with Crippen LogP contribution in [0.3, 0.4) is 0 Å². The van der Waals surface area contributed by atoms with Gasteiger partial charge in [0.15, 0.2) is 5.58 Å². The zero-order chi connectivity index (χ0) is 32.3. The molecule has 0 radical (unpaired) electrons. The predicted molar refractivity (Wildman–Crippen MR) is 210 cm³/mol. The molecule has 0 aliphatic heterocycles. The van der Waals surface area contributed by atoms with Gasteiger partial charge in [-0.1, -0.05) is 140 Å². The molecule has 10 aromatic rings. The van der Waals surface area contributed by atoms with Crippen LogP contribution in [0.1, 0.15) is 0 Å². The molecule has 0 bridgehead atoms. The summed E-state index contributed by atoms with van der Waals surface area (Å²) in [5.41, 5.74) is 9.73. The first kappa shape index (κ1) is 27.9. The second-order valence-corrected chi connectivity index (χ2v) is 13.5. The van der Waals surface area contributed by atoms with Crippen molar-refractivity contribution in [2.45, 2.75) is 0 Å². The van der Waals surface area contributed by atoms with E-state index in [1.807, 2.05) is 17.4 Å². The zero-order valence-corrected chi connectivity index (χ0v) is 27.3. The molecule has 10 rings (SSSR count). The number of rotatable bonds is 5. The lowest BCUT2D eigenvalue weighted by molar-refractivity contribution is 0.669. The van der Waals surface area contributed by atoms with Crippen molar-refractivity contribution in [3.63, 3.8) is 0 Å². The second-order valence-electron chi connectivity index (χ2n) is 12.5. The lowest BCUT2D eigenvalue weighted by atomic mass is 9.94. The maximum atomic E-state index is 6.70. The fourth-order valence-electron chi connectivity index (χ4n) is 7.45. The van der Waals surface area contributed by atoms with Crippen molar-refractivity contribution < 1.29 is 4.42 Å². The van der Waals surface area contributed by atoms with Gasteiger partial charge in [-0.3, -0.25) is 0 Å². The van der Waals surface area contributed by atoms with Crippen LogP contribution >= 0.6 is 11.3 Å². The Morgan fingerprint density at radius 3 is 1.92 bits per heavy atom. The largest absolute Gasteiger partial charge is 0.454 e. The van der Waals surface area contributed by atoms with E-state index in [4.69, 9.17) is 4.42 Å². The number of fused-ring (bicyclic) bond motifs is 7. The van der Waals surface area contributed by atoms with E-state index in [9.17, 15) is 0 Å². The number of hydrogen-bond donors (Lipinski definition) is 0. The molecule has 0 amide bonds. The summed E-state index contributed by atoms with van der Waals surface area (Å²) in [4.78, 5) is 2.42. The average molecular weight is 644 g/mol. The summed E-state index contributed by atoms with van der Waals surface area (Å²) in [6.45, 7) is 0. The molecule has 2 nitrogen and oxygen atoms in total. The Morgan fingerprint density at radius 2 is 1.00 bits per heavy atom. The van der Waals surface area contributed by atoms with Crippen molar-refractivity contribution in [1.29, 1.82) is 0 Å². The lowest BCUT2D eigenvalue weighted by Crippen LogP contribution is -2.11. The topological polar surface area (TPSA) is 16.4 Å². The average Bonchev–Trinajstić information content (AvgIpc) is 3.75. The molecule has 3 heteroatoms. The first-order chi connectivity index (χ1) is 24.3. The number of furan rings is 1. The minimum absolute atomic E-state index is 0.876. The summed E-state index contributed by atoms with van der Waals surface area (Å²) in [5, 5.41) is 7.27. The number of hydrogen-bond acceptors (Lipinski definition) is 3. The maximum Gasteiger partial charge on any atom is 0.159 e. The number of para-hydroxylation sites is 3. The van der Waals surface area contributed by atoms with Crippen LogP contribution < -0.4 is 4.90 Å². The van der Waals surface area contributed by atoms with Gasteiger partial charge >= 0.3 is 0 Å². The van der Waals surface area contributed by atoms with Crippen molar-refractivity contribution in [3.8, 4) is 22.3 Å². The molecule has 0 saturated carbocycles.